The van der Waals surface area contributed by atoms with E-state index in [1.165, 1.54) is 5.56 Å². The second-order valence-corrected chi connectivity index (χ2v) is 14.1. The molecule has 8 rings (SSSR count). The number of fused-ring (bicyclic) bond motifs is 4. The van der Waals surface area contributed by atoms with Crippen LogP contribution in [0.1, 0.15) is 67.6 Å². The number of hydrogen-bond donors (Lipinski definition) is 2. The summed E-state index contributed by atoms with van der Waals surface area (Å²) in [6, 6.07) is 31.0. The smallest absolute Gasteiger partial charge is 0.0964 e. The van der Waals surface area contributed by atoms with Crippen LogP contribution in [0.15, 0.2) is 91.0 Å². The van der Waals surface area contributed by atoms with Crippen molar-refractivity contribution >= 4 is 23.2 Å². The highest BCUT2D eigenvalue weighted by molar-refractivity contribution is 6.31. The third-order valence-electron chi connectivity index (χ3n) is 11.6. The van der Waals surface area contributed by atoms with Crippen LogP contribution in [0.3, 0.4) is 0 Å². The van der Waals surface area contributed by atoms with Crippen LogP contribution in [0.4, 0.5) is 0 Å². The van der Waals surface area contributed by atoms with Crippen molar-refractivity contribution in [1.82, 2.24) is 0 Å². The maximum atomic E-state index is 12.8. The van der Waals surface area contributed by atoms with Crippen molar-refractivity contribution in [2.75, 3.05) is 0 Å². The highest BCUT2D eigenvalue weighted by atomic mass is 35.5. The first-order valence-corrected chi connectivity index (χ1v) is 16.3. The summed E-state index contributed by atoms with van der Waals surface area (Å²) in [5.41, 5.74) is 5.93. The van der Waals surface area contributed by atoms with Crippen molar-refractivity contribution in [3.05, 3.63) is 118 Å². The largest absolute Gasteiger partial charge is 0.385 e. The molecule has 0 heterocycles. The summed E-state index contributed by atoms with van der Waals surface area (Å²) < 4.78 is 0. The van der Waals surface area contributed by atoms with Gasteiger partial charge in [0.1, 0.15) is 0 Å². The standard InChI is InChI=1S/C38H36Cl2O2/c39-27-7-5-6-23(20-27)29-8-1-3-10-34(29)38(42)26-16-19-36(38)33(21-26)32-22-28(40)17-18-30(32)31-9-2-4-11-35(31)37(41)24-12-13-25(37)15-14-24/h1-11,17-18,20,22,24-26,33,36,41-42H,12-16,19,21H2. The van der Waals surface area contributed by atoms with Crippen molar-refractivity contribution < 1.29 is 10.2 Å². The molecule has 4 aliphatic carbocycles. The zero-order valence-electron chi connectivity index (χ0n) is 23.6. The molecule has 0 saturated heterocycles. The van der Waals surface area contributed by atoms with Crippen LogP contribution in [-0.2, 0) is 11.2 Å². The van der Waals surface area contributed by atoms with Crippen LogP contribution in [0.5, 0.6) is 0 Å². The summed E-state index contributed by atoms with van der Waals surface area (Å²) in [6.07, 6.45) is 7.32. The van der Waals surface area contributed by atoms with Gasteiger partial charge in [-0.1, -0.05) is 89.9 Å². The van der Waals surface area contributed by atoms with Gasteiger partial charge in [0.05, 0.1) is 11.2 Å². The Balaban J connectivity index is 1.24. The quantitative estimate of drug-likeness (QED) is 0.241. The Morgan fingerprint density at radius 3 is 1.88 bits per heavy atom. The van der Waals surface area contributed by atoms with Gasteiger partial charge in [0.15, 0.2) is 0 Å². The molecule has 214 valence electrons. The van der Waals surface area contributed by atoms with E-state index >= 15 is 0 Å². The summed E-state index contributed by atoms with van der Waals surface area (Å²) in [5, 5.41) is 26.4. The van der Waals surface area contributed by atoms with Gasteiger partial charge in [0.25, 0.3) is 0 Å². The molecular weight excluding hydrogens is 559 g/mol. The predicted octanol–water partition coefficient (Wildman–Crippen LogP) is 9.74. The molecule has 4 aliphatic rings. The molecule has 0 aliphatic heterocycles. The van der Waals surface area contributed by atoms with Crippen molar-refractivity contribution in [1.29, 1.82) is 0 Å². The fourth-order valence-corrected chi connectivity index (χ4v) is 10.2. The monoisotopic (exact) mass is 594 g/mol. The van der Waals surface area contributed by atoms with E-state index in [1.807, 2.05) is 36.4 Å². The Kier molecular flexibility index (Phi) is 6.39. The minimum atomic E-state index is -0.939. The normalized spacial score (nSPS) is 33.0. The van der Waals surface area contributed by atoms with Crippen molar-refractivity contribution in [2.45, 2.75) is 62.1 Å². The highest BCUT2D eigenvalue weighted by Gasteiger charge is 2.60. The van der Waals surface area contributed by atoms with Gasteiger partial charge in [0, 0.05) is 10.0 Å². The molecule has 4 aromatic carbocycles. The topological polar surface area (TPSA) is 40.5 Å². The minimum absolute atomic E-state index is 0.0676. The lowest BCUT2D eigenvalue weighted by Gasteiger charge is -2.34. The highest BCUT2D eigenvalue weighted by Crippen LogP contribution is 2.65. The van der Waals surface area contributed by atoms with Crippen LogP contribution >= 0.6 is 23.2 Å². The molecule has 4 fully saturated rings. The van der Waals surface area contributed by atoms with Gasteiger partial charge < -0.3 is 10.2 Å². The van der Waals surface area contributed by atoms with Crippen LogP contribution < -0.4 is 0 Å². The van der Waals surface area contributed by atoms with E-state index < -0.39 is 11.2 Å². The van der Waals surface area contributed by atoms with E-state index in [1.54, 1.807) is 0 Å². The summed E-state index contributed by atoms with van der Waals surface area (Å²) >= 11 is 13.1. The Morgan fingerprint density at radius 1 is 0.548 bits per heavy atom. The van der Waals surface area contributed by atoms with Crippen LogP contribution in [0.2, 0.25) is 10.0 Å². The first kappa shape index (κ1) is 27.0. The summed E-state index contributed by atoms with van der Waals surface area (Å²) in [6.45, 7) is 0. The number of aliphatic hydroxyl groups is 2. The molecule has 4 aromatic rings. The number of hydrogen-bond acceptors (Lipinski definition) is 2. The fourth-order valence-electron chi connectivity index (χ4n) is 9.80. The van der Waals surface area contributed by atoms with E-state index in [2.05, 4.69) is 54.6 Å². The Morgan fingerprint density at radius 2 is 1.17 bits per heavy atom. The first-order valence-electron chi connectivity index (χ1n) is 15.6. The lowest BCUT2D eigenvalue weighted by atomic mass is 9.74. The van der Waals surface area contributed by atoms with E-state index in [4.69, 9.17) is 23.2 Å². The Labute approximate surface area is 258 Å². The van der Waals surface area contributed by atoms with Gasteiger partial charge in [-0.05, 0) is 138 Å². The van der Waals surface area contributed by atoms with Crippen LogP contribution in [0.25, 0.3) is 22.3 Å². The van der Waals surface area contributed by atoms with Gasteiger partial charge in [-0.3, -0.25) is 0 Å². The summed E-state index contributed by atoms with van der Waals surface area (Å²) in [4.78, 5) is 0. The zero-order valence-corrected chi connectivity index (χ0v) is 25.2. The van der Waals surface area contributed by atoms with Gasteiger partial charge in [-0.15, -0.1) is 0 Å². The average molecular weight is 596 g/mol. The lowest BCUT2D eigenvalue weighted by Crippen LogP contribution is -2.33. The third-order valence-corrected chi connectivity index (χ3v) is 12.0. The molecule has 0 radical (unpaired) electrons. The fraction of sp³-hybridized carbons (Fsp3) is 0.368. The summed E-state index contributed by atoms with van der Waals surface area (Å²) in [7, 11) is 0. The van der Waals surface area contributed by atoms with Crippen LogP contribution in [-0.4, -0.2) is 10.2 Å². The van der Waals surface area contributed by atoms with Crippen molar-refractivity contribution in [3.63, 3.8) is 0 Å². The molecule has 4 unspecified atom stereocenters. The Bertz CT molecular complexity index is 1660. The molecule has 4 saturated carbocycles. The molecular formula is C38H36Cl2O2. The molecule has 4 atom stereocenters. The van der Waals surface area contributed by atoms with Crippen molar-refractivity contribution in [2.24, 2.45) is 23.7 Å². The maximum absolute atomic E-state index is 12.8. The summed E-state index contributed by atoms with van der Waals surface area (Å²) in [5.74, 6) is 1.05. The molecule has 0 spiro atoms. The van der Waals surface area contributed by atoms with E-state index in [0.29, 0.717) is 16.9 Å². The molecule has 2 N–H and O–H groups in total. The Hall–Kier alpha value is -2.62. The van der Waals surface area contributed by atoms with Crippen LogP contribution in [0, 0.1) is 23.7 Å². The molecule has 0 aromatic heterocycles. The van der Waals surface area contributed by atoms with Gasteiger partial charge >= 0.3 is 0 Å². The molecule has 0 amide bonds. The lowest BCUT2D eigenvalue weighted by molar-refractivity contribution is -0.0118. The average Bonchev–Trinajstić information content (AvgIpc) is 3.72. The van der Waals surface area contributed by atoms with Gasteiger partial charge in [-0.25, -0.2) is 0 Å². The second-order valence-electron chi connectivity index (χ2n) is 13.3. The van der Waals surface area contributed by atoms with Gasteiger partial charge in [0.2, 0.25) is 0 Å². The van der Waals surface area contributed by atoms with E-state index in [-0.39, 0.29) is 17.8 Å². The van der Waals surface area contributed by atoms with Gasteiger partial charge in [-0.2, -0.15) is 0 Å². The SMILES string of the molecule is OC1(c2ccccc2-c2ccc(Cl)cc2C2CC3CCC2C3(O)c2ccccc2-c2cccc(Cl)c2)C2CCC1CC2. The molecule has 42 heavy (non-hydrogen) atoms. The number of halogens is 2. The third kappa shape index (κ3) is 3.85. The molecule has 4 bridgehead atoms. The van der Waals surface area contributed by atoms with E-state index in [9.17, 15) is 10.2 Å². The second kappa shape index (κ2) is 9.96. The number of benzene rings is 4. The maximum Gasteiger partial charge on any atom is 0.0964 e. The molecule has 4 heteroatoms. The van der Waals surface area contributed by atoms with E-state index in [0.717, 1.165) is 83.3 Å². The molecule has 2 nitrogen and oxygen atoms in total. The van der Waals surface area contributed by atoms with Crippen molar-refractivity contribution in [3.8, 4) is 22.3 Å². The zero-order chi connectivity index (χ0) is 28.6. The number of rotatable bonds is 5. The predicted molar refractivity (Wildman–Crippen MR) is 171 cm³/mol. The first-order chi connectivity index (χ1) is 20.4. The minimum Gasteiger partial charge on any atom is -0.385 e.